The average Bonchev–Trinajstić information content (AvgIpc) is 3.10. The van der Waals surface area contributed by atoms with Crippen molar-refractivity contribution in [2.24, 2.45) is 0 Å². The lowest BCUT2D eigenvalue weighted by molar-refractivity contribution is 0.0772. The summed E-state index contributed by atoms with van der Waals surface area (Å²) in [6.45, 7) is 1.28. The molecule has 2 aromatic carbocycles. The molecule has 0 spiro atoms. The van der Waals surface area contributed by atoms with Gasteiger partial charge in [-0.3, -0.25) is 4.79 Å². The van der Waals surface area contributed by atoms with Gasteiger partial charge in [-0.05, 0) is 42.5 Å². The minimum atomic E-state index is 0.00736. The third-order valence-corrected chi connectivity index (χ3v) is 4.11. The maximum absolute atomic E-state index is 12.6. The van der Waals surface area contributed by atoms with Crippen molar-refractivity contribution in [3.8, 4) is 17.2 Å². The van der Waals surface area contributed by atoms with E-state index in [0.717, 1.165) is 17.9 Å². The number of amides is 1. The van der Waals surface area contributed by atoms with Gasteiger partial charge in [-0.15, -0.1) is 0 Å². The van der Waals surface area contributed by atoms with E-state index in [1.165, 1.54) is 0 Å². The van der Waals surface area contributed by atoms with Crippen molar-refractivity contribution in [3.05, 3.63) is 54.1 Å². The molecule has 0 aliphatic carbocycles. The molecule has 1 atom stereocenters. The number of hydrogen-bond donors (Lipinski definition) is 0. The molecule has 0 N–H and O–H groups in total. The first-order chi connectivity index (χ1) is 11.7. The minimum Gasteiger partial charge on any atom is -0.497 e. The van der Waals surface area contributed by atoms with Gasteiger partial charge in [0.05, 0.1) is 20.8 Å². The Morgan fingerprint density at radius 1 is 1.00 bits per heavy atom. The van der Waals surface area contributed by atoms with Gasteiger partial charge in [-0.25, -0.2) is 0 Å². The van der Waals surface area contributed by atoms with Crippen molar-refractivity contribution in [2.75, 3.05) is 27.3 Å². The molecule has 3 rings (SSSR count). The van der Waals surface area contributed by atoms with Gasteiger partial charge in [0.15, 0.2) is 0 Å². The molecule has 1 unspecified atom stereocenters. The average molecular weight is 327 g/mol. The molecule has 1 fully saturated rings. The number of nitrogens with zero attached hydrogens (tertiary/aromatic N) is 1. The van der Waals surface area contributed by atoms with Crippen LogP contribution >= 0.6 is 0 Å². The highest BCUT2D eigenvalue weighted by molar-refractivity contribution is 5.94. The predicted octanol–water partition coefficient (Wildman–Crippen LogP) is 3.00. The van der Waals surface area contributed by atoms with Crippen LogP contribution in [0.1, 0.15) is 16.8 Å². The predicted molar refractivity (Wildman–Crippen MR) is 90.9 cm³/mol. The normalized spacial score (nSPS) is 16.8. The Labute approximate surface area is 141 Å². The summed E-state index contributed by atoms with van der Waals surface area (Å²) in [5.41, 5.74) is 0.638. The fraction of sp³-hybridized carbons (Fsp3) is 0.316. The fourth-order valence-electron chi connectivity index (χ4n) is 2.79. The Kier molecular flexibility index (Phi) is 4.89. The first-order valence-corrected chi connectivity index (χ1v) is 7.93. The zero-order valence-electron chi connectivity index (χ0n) is 13.9. The lowest BCUT2D eigenvalue weighted by atomic mass is 10.2. The molecule has 24 heavy (non-hydrogen) atoms. The number of rotatable bonds is 5. The van der Waals surface area contributed by atoms with Crippen LogP contribution in [-0.4, -0.2) is 44.2 Å². The van der Waals surface area contributed by atoms with Crippen LogP contribution in [0, 0.1) is 0 Å². The van der Waals surface area contributed by atoms with E-state index in [1.54, 1.807) is 20.3 Å². The number of methoxy groups -OCH3 is 2. The van der Waals surface area contributed by atoms with Gasteiger partial charge in [0.25, 0.3) is 5.91 Å². The summed E-state index contributed by atoms with van der Waals surface area (Å²) in [6, 6.07) is 14.7. The summed E-state index contributed by atoms with van der Waals surface area (Å²) >= 11 is 0. The zero-order valence-corrected chi connectivity index (χ0v) is 13.9. The van der Waals surface area contributed by atoms with Gasteiger partial charge >= 0.3 is 0 Å². The smallest absolute Gasteiger partial charge is 0.254 e. The third kappa shape index (κ3) is 3.62. The summed E-state index contributed by atoms with van der Waals surface area (Å²) < 4.78 is 16.3. The molecule has 0 saturated carbocycles. The van der Waals surface area contributed by atoms with E-state index in [0.29, 0.717) is 24.4 Å². The van der Waals surface area contributed by atoms with E-state index in [-0.39, 0.29) is 12.0 Å². The molecule has 0 bridgehead atoms. The zero-order chi connectivity index (χ0) is 16.9. The molecular formula is C19H21NO4. The Hall–Kier alpha value is -2.69. The van der Waals surface area contributed by atoms with E-state index in [2.05, 4.69) is 0 Å². The van der Waals surface area contributed by atoms with Crippen molar-refractivity contribution in [3.63, 3.8) is 0 Å². The summed E-state index contributed by atoms with van der Waals surface area (Å²) in [6.07, 6.45) is 0.829. The molecular weight excluding hydrogens is 306 g/mol. The molecule has 0 radical (unpaired) electrons. The van der Waals surface area contributed by atoms with E-state index >= 15 is 0 Å². The monoisotopic (exact) mass is 327 g/mol. The van der Waals surface area contributed by atoms with Crippen LogP contribution in [0.25, 0.3) is 0 Å². The third-order valence-electron chi connectivity index (χ3n) is 4.11. The summed E-state index contributed by atoms with van der Waals surface area (Å²) in [4.78, 5) is 14.4. The Bertz CT molecular complexity index is 699. The fourth-order valence-corrected chi connectivity index (χ4v) is 2.79. The first kappa shape index (κ1) is 16.2. The molecule has 126 valence electrons. The number of hydrogen-bond acceptors (Lipinski definition) is 4. The van der Waals surface area contributed by atoms with Gasteiger partial charge in [0, 0.05) is 18.5 Å². The molecule has 5 heteroatoms. The summed E-state index contributed by atoms with van der Waals surface area (Å²) in [7, 11) is 3.23. The number of benzene rings is 2. The van der Waals surface area contributed by atoms with Crippen LogP contribution in [0.2, 0.25) is 0 Å². The molecule has 1 heterocycles. The van der Waals surface area contributed by atoms with E-state index in [9.17, 15) is 4.79 Å². The second kappa shape index (κ2) is 7.25. The molecule has 1 aliphatic heterocycles. The van der Waals surface area contributed by atoms with Gasteiger partial charge < -0.3 is 19.1 Å². The Balaban J connectivity index is 1.60. The van der Waals surface area contributed by atoms with Crippen molar-refractivity contribution in [2.45, 2.75) is 12.5 Å². The van der Waals surface area contributed by atoms with Crippen LogP contribution in [0.3, 0.4) is 0 Å². The van der Waals surface area contributed by atoms with Crippen molar-refractivity contribution in [1.29, 1.82) is 0 Å². The maximum atomic E-state index is 12.6. The maximum Gasteiger partial charge on any atom is 0.254 e. The van der Waals surface area contributed by atoms with E-state index < -0.39 is 0 Å². The second-order valence-corrected chi connectivity index (χ2v) is 5.69. The number of ether oxygens (including phenoxy) is 3. The van der Waals surface area contributed by atoms with Crippen molar-refractivity contribution >= 4 is 5.91 Å². The largest absolute Gasteiger partial charge is 0.497 e. The van der Waals surface area contributed by atoms with Gasteiger partial charge in [-0.1, -0.05) is 6.07 Å². The van der Waals surface area contributed by atoms with Gasteiger partial charge in [0.1, 0.15) is 23.4 Å². The summed E-state index contributed by atoms with van der Waals surface area (Å²) in [5.74, 6) is 2.28. The van der Waals surface area contributed by atoms with E-state index in [1.807, 2.05) is 47.4 Å². The Morgan fingerprint density at radius 3 is 2.42 bits per heavy atom. The standard InChI is InChI=1S/C19H21NO4/c1-22-15-6-8-16(9-7-15)24-18-10-11-20(13-18)19(21)14-4-3-5-17(12-14)23-2/h3-9,12,18H,10-11,13H2,1-2H3. The topological polar surface area (TPSA) is 48.0 Å². The van der Waals surface area contributed by atoms with Crippen LogP contribution in [-0.2, 0) is 0 Å². The van der Waals surface area contributed by atoms with Gasteiger partial charge in [-0.2, -0.15) is 0 Å². The van der Waals surface area contributed by atoms with Crippen molar-refractivity contribution in [1.82, 2.24) is 4.90 Å². The molecule has 1 amide bonds. The van der Waals surface area contributed by atoms with Crippen LogP contribution in [0.4, 0.5) is 0 Å². The Morgan fingerprint density at radius 2 is 1.71 bits per heavy atom. The number of carbonyl (C=O) groups is 1. The highest BCUT2D eigenvalue weighted by atomic mass is 16.5. The lowest BCUT2D eigenvalue weighted by Crippen LogP contribution is -2.30. The first-order valence-electron chi connectivity index (χ1n) is 7.93. The van der Waals surface area contributed by atoms with Crippen LogP contribution in [0.15, 0.2) is 48.5 Å². The minimum absolute atomic E-state index is 0.00736. The van der Waals surface area contributed by atoms with E-state index in [4.69, 9.17) is 14.2 Å². The number of carbonyl (C=O) groups excluding carboxylic acids is 1. The highest BCUT2D eigenvalue weighted by Crippen LogP contribution is 2.23. The SMILES string of the molecule is COc1ccc(OC2CCN(C(=O)c3cccc(OC)c3)C2)cc1. The van der Waals surface area contributed by atoms with Crippen LogP contribution in [0.5, 0.6) is 17.2 Å². The molecule has 2 aromatic rings. The molecule has 1 aliphatic rings. The quantitative estimate of drug-likeness (QED) is 0.847. The van der Waals surface area contributed by atoms with Crippen LogP contribution < -0.4 is 14.2 Å². The lowest BCUT2D eigenvalue weighted by Gasteiger charge is -2.18. The van der Waals surface area contributed by atoms with Gasteiger partial charge in [0.2, 0.25) is 0 Å². The van der Waals surface area contributed by atoms with Crippen molar-refractivity contribution < 1.29 is 19.0 Å². The second-order valence-electron chi connectivity index (χ2n) is 5.69. The molecule has 1 saturated heterocycles. The summed E-state index contributed by atoms with van der Waals surface area (Å²) in [5, 5.41) is 0. The molecule has 0 aromatic heterocycles. The number of likely N-dealkylation sites (tertiary alicyclic amines) is 1. The highest BCUT2D eigenvalue weighted by Gasteiger charge is 2.28. The molecule has 5 nitrogen and oxygen atoms in total.